The molecule has 0 N–H and O–H groups in total. The number of hydrogen-bond acceptors (Lipinski definition) is 3. The molecule has 0 spiro atoms. The summed E-state index contributed by atoms with van der Waals surface area (Å²) in [6.45, 7) is 0. The normalized spacial score (nSPS) is 14.2. The zero-order chi connectivity index (χ0) is 16.7. The van der Waals surface area contributed by atoms with Gasteiger partial charge >= 0.3 is 0 Å². The predicted octanol–water partition coefficient (Wildman–Crippen LogP) is 5.33. The fourth-order valence-electron chi connectivity index (χ4n) is 2.68. The Bertz CT molecular complexity index is 982. The Morgan fingerprint density at radius 2 is 1.92 bits per heavy atom. The summed E-state index contributed by atoms with van der Waals surface area (Å²) in [6, 6.07) is 13.4. The van der Waals surface area contributed by atoms with Crippen LogP contribution in [0.3, 0.4) is 0 Å². The van der Waals surface area contributed by atoms with E-state index in [4.69, 9.17) is 28.2 Å². The second-order valence-corrected chi connectivity index (χ2v) is 7.55. The maximum absolute atomic E-state index is 12.8. The van der Waals surface area contributed by atoms with Gasteiger partial charge in [-0.2, -0.15) is 0 Å². The smallest absolute Gasteiger partial charge is 0.262 e. The highest BCUT2D eigenvalue weighted by atomic mass is 35.5. The van der Waals surface area contributed by atoms with Gasteiger partial charge in [-0.05, 0) is 36.6 Å². The van der Waals surface area contributed by atoms with E-state index in [1.165, 1.54) is 11.8 Å². The number of hydrogen-bond donors (Lipinski definition) is 0. The first-order valence-electron chi connectivity index (χ1n) is 7.72. The number of nitrogens with zero attached hydrogens (tertiary/aromatic N) is 2. The highest BCUT2D eigenvalue weighted by molar-refractivity contribution is 7.98. The molecule has 0 atom stereocenters. The average Bonchev–Trinajstić information content (AvgIpc) is 3.41. The van der Waals surface area contributed by atoms with E-state index in [2.05, 4.69) is 0 Å². The molecular weight excluding hydrogens is 363 g/mol. The predicted molar refractivity (Wildman–Crippen MR) is 100 cm³/mol. The largest absolute Gasteiger partial charge is 0.284 e. The molecule has 3 nitrogen and oxygen atoms in total. The van der Waals surface area contributed by atoms with Gasteiger partial charge in [-0.3, -0.25) is 9.36 Å². The van der Waals surface area contributed by atoms with Crippen molar-refractivity contribution in [2.75, 3.05) is 0 Å². The molecule has 4 rings (SSSR count). The number of halogens is 2. The second kappa shape index (κ2) is 6.43. The van der Waals surface area contributed by atoms with Gasteiger partial charge in [0, 0.05) is 11.8 Å². The van der Waals surface area contributed by atoms with Crippen LogP contribution in [-0.2, 0) is 5.75 Å². The lowest BCUT2D eigenvalue weighted by Crippen LogP contribution is -2.22. The number of benzene rings is 2. The third-order valence-corrected chi connectivity index (χ3v) is 5.94. The van der Waals surface area contributed by atoms with Crippen LogP contribution in [0.5, 0.6) is 0 Å². The Balaban J connectivity index is 1.74. The van der Waals surface area contributed by atoms with Gasteiger partial charge in [-0.25, -0.2) is 4.98 Å². The molecule has 24 heavy (non-hydrogen) atoms. The van der Waals surface area contributed by atoms with Gasteiger partial charge in [0.25, 0.3) is 5.56 Å². The molecule has 1 saturated carbocycles. The molecular formula is C18H14Cl2N2OS. The van der Waals surface area contributed by atoms with E-state index in [1.807, 2.05) is 41.0 Å². The molecule has 122 valence electrons. The lowest BCUT2D eigenvalue weighted by atomic mass is 10.2. The molecule has 0 radical (unpaired) electrons. The minimum atomic E-state index is 0.0443. The Kier molecular flexibility index (Phi) is 4.29. The van der Waals surface area contributed by atoms with E-state index in [0.29, 0.717) is 21.2 Å². The van der Waals surface area contributed by atoms with Crippen molar-refractivity contribution >= 4 is 45.9 Å². The highest BCUT2D eigenvalue weighted by Crippen LogP contribution is 2.38. The molecule has 1 aliphatic rings. The Morgan fingerprint density at radius 3 is 2.71 bits per heavy atom. The van der Waals surface area contributed by atoms with Gasteiger partial charge in [-0.1, -0.05) is 59.2 Å². The third-order valence-electron chi connectivity index (χ3n) is 4.08. The summed E-state index contributed by atoms with van der Waals surface area (Å²) in [5, 5.41) is 2.53. The maximum atomic E-state index is 12.8. The minimum absolute atomic E-state index is 0.0443. The van der Waals surface area contributed by atoms with Crippen molar-refractivity contribution in [2.45, 2.75) is 29.8 Å². The van der Waals surface area contributed by atoms with Crippen LogP contribution in [0.25, 0.3) is 10.9 Å². The van der Waals surface area contributed by atoms with Gasteiger partial charge in [-0.15, -0.1) is 0 Å². The first kappa shape index (κ1) is 16.0. The van der Waals surface area contributed by atoms with Crippen molar-refractivity contribution in [1.82, 2.24) is 9.55 Å². The fourth-order valence-corrected chi connectivity index (χ4v) is 4.21. The SMILES string of the molecule is O=c1c2ccccc2nc(SCc2cccc(Cl)c2Cl)n1C1CC1. The van der Waals surface area contributed by atoms with Crippen LogP contribution in [0.15, 0.2) is 52.4 Å². The van der Waals surface area contributed by atoms with Gasteiger partial charge in [0.05, 0.1) is 20.9 Å². The lowest BCUT2D eigenvalue weighted by molar-refractivity contribution is 0.618. The molecule has 0 unspecified atom stereocenters. The number of para-hydroxylation sites is 1. The molecule has 0 aliphatic heterocycles. The van der Waals surface area contributed by atoms with Crippen LogP contribution in [0, 0.1) is 0 Å². The van der Waals surface area contributed by atoms with Crippen molar-refractivity contribution in [3.63, 3.8) is 0 Å². The maximum Gasteiger partial charge on any atom is 0.262 e. The van der Waals surface area contributed by atoms with E-state index < -0.39 is 0 Å². The van der Waals surface area contributed by atoms with Gasteiger partial charge in [0.1, 0.15) is 0 Å². The summed E-state index contributed by atoms with van der Waals surface area (Å²) >= 11 is 13.9. The van der Waals surface area contributed by atoms with Crippen LogP contribution in [-0.4, -0.2) is 9.55 Å². The number of aromatic nitrogens is 2. The summed E-state index contributed by atoms with van der Waals surface area (Å²) in [4.78, 5) is 17.5. The molecule has 6 heteroatoms. The number of thioether (sulfide) groups is 1. The van der Waals surface area contributed by atoms with Crippen LogP contribution < -0.4 is 5.56 Å². The molecule has 0 bridgehead atoms. The fraction of sp³-hybridized carbons (Fsp3) is 0.222. The monoisotopic (exact) mass is 376 g/mol. The molecule has 0 amide bonds. The van der Waals surface area contributed by atoms with E-state index in [0.717, 1.165) is 29.1 Å². The molecule has 1 fully saturated rings. The van der Waals surface area contributed by atoms with E-state index in [9.17, 15) is 4.79 Å². The van der Waals surface area contributed by atoms with Crippen molar-refractivity contribution in [1.29, 1.82) is 0 Å². The molecule has 2 aromatic carbocycles. The Hall–Kier alpha value is -1.49. The first-order valence-corrected chi connectivity index (χ1v) is 9.46. The summed E-state index contributed by atoms with van der Waals surface area (Å²) in [5.41, 5.74) is 1.72. The summed E-state index contributed by atoms with van der Waals surface area (Å²) < 4.78 is 1.84. The van der Waals surface area contributed by atoms with E-state index >= 15 is 0 Å². The standard InChI is InChI=1S/C18H14Cl2N2OS/c19-14-6-3-4-11(16(14)20)10-24-18-21-15-7-2-1-5-13(15)17(23)22(18)12-8-9-12/h1-7,12H,8-10H2. The molecule has 3 aromatic rings. The summed E-state index contributed by atoms with van der Waals surface area (Å²) in [5.74, 6) is 0.622. The molecule has 0 saturated heterocycles. The van der Waals surface area contributed by atoms with Crippen LogP contribution in [0.2, 0.25) is 10.0 Å². The van der Waals surface area contributed by atoms with Crippen molar-refractivity contribution in [3.8, 4) is 0 Å². The third kappa shape index (κ3) is 2.94. The zero-order valence-electron chi connectivity index (χ0n) is 12.7. The van der Waals surface area contributed by atoms with Crippen molar-refractivity contribution in [3.05, 3.63) is 68.4 Å². The molecule has 1 aliphatic carbocycles. The topological polar surface area (TPSA) is 34.9 Å². The second-order valence-electron chi connectivity index (χ2n) is 5.82. The highest BCUT2D eigenvalue weighted by Gasteiger charge is 2.28. The first-order chi connectivity index (χ1) is 11.6. The van der Waals surface area contributed by atoms with Crippen molar-refractivity contribution in [2.24, 2.45) is 0 Å². The molecule has 1 aromatic heterocycles. The van der Waals surface area contributed by atoms with Crippen LogP contribution in [0.4, 0.5) is 0 Å². The van der Waals surface area contributed by atoms with Gasteiger partial charge in [0.2, 0.25) is 0 Å². The van der Waals surface area contributed by atoms with Crippen LogP contribution in [0.1, 0.15) is 24.4 Å². The van der Waals surface area contributed by atoms with Gasteiger partial charge in [0.15, 0.2) is 5.16 Å². The number of rotatable bonds is 4. The van der Waals surface area contributed by atoms with E-state index in [-0.39, 0.29) is 11.6 Å². The minimum Gasteiger partial charge on any atom is -0.284 e. The molecule has 1 heterocycles. The van der Waals surface area contributed by atoms with E-state index in [1.54, 1.807) is 6.07 Å². The number of fused-ring (bicyclic) bond motifs is 1. The zero-order valence-corrected chi connectivity index (χ0v) is 15.0. The Morgan fingerprint density at radius 1 is 1.12 bits per heavy atom. The van der Waals surface area contributed by atoms with Gasteiger partial charge < -0.3 is 0 Å². The van der Waals surface area contributed by atoms with Crippen LogP contribution >= 0.6 is 35.0 Å². The Labute approximate surface area is 153 Å². The quantitative estimate of drug-likeness (QED) is 0.455. The summed E-state index contributed by atoms with van der Waals surface area (Å²) in [7, 11) is 0. The lowest BCUT2D eigenvalue weighted by Gasteiger charge is -2.13. The average molecular weight is 377 g/mol. The van der Waals surface area contributed by atoms with Crippen molar-refractivity contribution < 1.29 is 0 Å². The summed E-state index contributed by atoms with van der Waals surface area (Å²) in [6.07, 6.45) is 2.07.